The van der Waals surface area contributed by atoms with Gasteiger partial charge in [0.2, 0.25) is 0 Å². The van der Waals surface area contributed by atoms with Gasteiger partial charge in [0.25, 0.3) is 5.91 Å². The van der Waals surface area contributed by atoms with Crippen LogP contribution in [0.5, 0.6) is 0 Å². The maximum Gasteiger partial charge on any atom is 0.254 e. The average Bonchev–Trinajstić information content (AvgIpc) is 2.54. The minimum atomic E-state index is -0.408. The summed E-state index contributed by atoms with van der Waals surface area (Å²) in [6.45, 7) is 5.20. The molecule has 5 rings (SSSR count). The summed E-state index contributed by atoms with van der Waals surface area (Å²) in [6.07, 6.45) is 3.85. The van der Waals surface area contributed by atoms with Gasteiger partial charge in [-0.2, -0.15) is 0 Å². The molecule has 0 aliphatic carbocycles. The van der Waals surface area contributed by atoms with Crippen LogP contribution in [0.1, 0.15) is 30.1 Å². The van der Waals surface area contributed by atoms with Crippen molar-refractivity contribution in [3.8, 4) is 0 Å². The smallest absolute Gasteiger partial charge is 0.254 e. The Kier molecular flexibility index (Phi) is 3.34. The van der Waals surface area contributed by atoms with Crippen molar-refractivity contribution in [2.24, 2.45) is 5.92 Å². The molecule has 3 saturated heterocycles. The van der Waals surface area contributed by atoms with Crippen LogP contribution in [0.3, 0.4) is 0 Å². The normalized spacial score (nSPS) is 29.7. The second kappa shape index (κ2) is 5.27. The molecule has 1 aromatic carbocycles. The number of carbonyl (C=O) groups excluding carboxylic acids is 1. The predicted octanol–water partition coefficient (Wildman–Crippen LogP) is 2.59. The first kappa shape index (κ1) is 14.6. The van der Waals surface area contributed by atoms with Gasteiger partial charge in [0.1, 0.15) is 5.82 Å². The molecule has 4 nitrogen and oxygen atoms in total. The molecule has 2 aromatic rings. The predicted molar refractivity (Wildman–Crippen MR) is 86.7 cm³/mol. The molecule has 3 aliphatic heterocycles. The molecule has 5 heteroatoms. The van der Waals surface area contributed by atoms with Crippen LogP contribution in [0.15, 0.2) is 30.5 Å². The van der Waals surface area contributed by atoms with Crippen molar-refractivity contribution in [2.75, 3.05) is 19.6 Å². The first-order valence-electron chi connectivity index (χ1n) is 8.14. The molecule has 1 atom stereocenters. The number of amides is 1. The number of pyridine rings is 1. The Labute approximate surface area is 134 Å². The molecule has 4 heterocycles. The first-order chi connectivity index (χ1) is 11.0. The Morgan fingerprint density at radius 3 is 2.87 bits per heavy atom. The van der Waals surface area contributed by atoms with Gasteiger partial charge in [0.05, 0.1) is 16.6 Å². The van der Waals surface area contributed by atoms with E-state index in [4.69, 9.17) is 0 Å². The van der Waals surface area contributed by atoms with Crippen LogP contribution in [0.2, 0.25) is 0 Å². The fraction of sp³-hybridized carbons (Fsp3) is 0.444. The second-order valence-electron chi connectivity index (χ2n) is 6.95. The first-order valence-corrected chi connectivity index (χ1v) is 8.14. The number of hydrogen-bond acceptors (Lipinski definition) is 3. The van der Waals surface area contributed by atoms with E-state index in [0.29, 0.717) is 22.4 Å². The van der Waals surface area contributed by atoms with Gasteiger partial charge >= 0.3 is 0 Å². The highest BCUT2D eigenvalue weighted by Crippen LogP contribution is 2.35. The summed E-state index contributed by atoms with van der Waals surface area (Å²) in [6, 6.07) is 6.22. The van der Waals surface area contributed by atoms with Gasteiger partial charge in [-0.05, 0) is 57.0 Å². The summed E-state index contributed by atoms with van der Waals surface area (Å²) in [7, 11) is 0. The summed E-state index contributed by atoms with van der Waals surface area (Å²) >= 11 is 0. The summed E-state index contributed by atoms with van der Waals surface area (Å²) in [5.41, 5.74) is 0.621. The number of benzene rings is 1. The third kappa shape index (κ3) is 2.49. The maximum atomic E-state index is 13.9. The highest BCUT2D eigenvalue weighted by atomic mass is 19.1. The average molecular weight is 313 g/mol. The zero-order valence-corrected chi connectivity index (χ0v) is 13.2. The molecular weight excluding hydrogens is 293 g/mol. The fourth-order valence-electron chi connectivity index (χ4n) is 4.12. The highest BCUT2D eigenvalue weighted by molar-refractivity contribution is 6.05. The number of nitrogens with zero attached hydrogens (tertiary/aromatic N) is 2. The monoisotopic (exact) mass is 313 g/mol. The van der Waals surface area contributed by atoms with Crippen LogP contribution < -0.4 is 5.32 Å². The van der Waals surface area contributed by atoms with Gasteiger partial charge in [0, 0.05) is 18.1 Å². The lowest BCUT2D eigenvalue weighted by Crippen LogP contribution is -2.65. The van der Waals surface area contributed by atoms with Gasteiger partial charge in [-0.1, -0.05) is 6.07 Å². The molecule has 120 valence electrons. The van der Waals surface area contributed by atoms with Crippen LogP contribution in [-0.2, 0) is 0 Å². The summed E-state index contributed by atoms with van der Waals surface area (Å²) in [5, 5.41) is 3.82. The molecule has 0 saturated carbocycles. The molecular formula is C18H20FN3O. The molecule has 0 spiro atoms. The maximum absolute atomic E-state index is 13.9. The van der Waals surface area contributed by atoms with Crippen LogP contribution >= 0.6 is 0 Å². The number of rotatable bonds is 2. The van der Waals surface area contributed by atoms with Crippen molar-refractivity contribution < 1.29 is 9.18 Å². The van der Waals surface area contributed by atoms with Crippen LogP contribution in [-0.4, -0.2) is 41.0 Å². The minimum Gasteiger partial charge on any atom is -0.345 e. The van der Waals surface area contributed by atoms with E-state index in [1.54, 1.807) is 18.3 Å². The summed E-state index contributed by atoms with van der Waals surface area (Å²) < 4.78 is 13.9. The van der Waals surface area contributed by atoms with Crippen LogP contribution in [0.4, 0.5) is 4.39 Å². The lowest BCUT2D eigenvalue weighted by atomic mass is 9.74. The largest absolute Gasteiger partial charge is 0.345 e. The SMILES string of the molecule is CC1(NC(=O)c2cc(F)cc3cccnc23)CN2CCC1CC2. The number of halogens is 1. The van der Waals surface area contributed by atoms with Crippen LogP contribution in [0, 0.1) is 11.7 Å². The second-order valence-corrected chi connectivity index (χ2v) is 6.95. The third-order valence-corrected chi connectivity index (χ3v) is 5.35. The molecule has 1 amide bonds. The Bertz CT molecular complexity index is 770. The van der Waals surface area contributed by atoms with E-state index in [1.807, 2.05) is 0 Å². The van der Waals surface area contributed by atoms with Crippen molar-refractivity contribution in [2.45, 2.75) is 25.3 Å². The lowest BCUT2D eigenvalue weighted by Gasteiger charge is -2.52. The number of nitrogens with one attached hydrogen (secondary N) is 1. The third-order valence-electron chi connectivity index (χ3n) is 5.35. The Hall–Kier alpha value is -2.01. The fourth-order valence-corrected chi connectivity index (χ4v) is 4.12. The van der Waals surface area contributed by atoms with E-state index in [1.165, 1.54) is 12.1 Å². The van der Waals surface area contributed by atoms with E-state index in [2.05, 4.69) is 22.1 Å². The molecule has 23 heavy (non-hydrogen) atoms. The van der Waals surface area contributed by atoms with Crippen LogP contribution in [0.25, 0.3) is 10.9 Å². The molecule has 0 radical (unpaired) electrons. The number of carbonyl (C=O) groups is 1. The van der Waals surface area contributed by atoms with E-state index in [9.17, 15) is 9.18 Å². The van der Waals surface area contributed by atoms with E-state index >= 15 is 0 Å². The van der Waals surface area contributed by atoms with Crippen molar-refractivity contribution in [1.82, 2.24) is 15.2 Å². The van der Waals surface area contributed by atoms with Crippen molar-refractivity contribution in [1.29, 1.82) is 0 Å². The number of piperidine rings is 3. The Morgan fingerprint density at radius 2 is 2.17 bits per heavy atom. The van der Waals surface area contributed by atoms with E-state index in [0.717, 1.165) is 32.5 Å². The minimum absolute atomic E-state index is 0.232. The van der Waals surface area contributed by atoms with Gasteiger partial charge in [-0.25, -0.2) is 4.39 Å². The zero-order chi connectivity index (χ0) is 16.0. The van der Waals surface area contributed by atoms with Crippen molar-refractivity contribution in [3.05, 3.63) is 41.8 Å². The Balaban J connectivity index is 1.67. The molecule has 2 bridgehead atoms. The highest BCUT2D eigenvalue weighted by Gasteiger charge is 2.44. The van der Waals surface area contributed by atoms with E-state index < -0.39 is 5.82 Å². The number of aromatic nitrogens is 1. The molecule has 1 N–H and O–H groups in total. The van der Waals surface area contributed by atoms with Crippen molar-refractivity contribution in [3.63, 3.8) is 0 Å². The zero-order valence-electron chi connectivity index (χ0n) is 13.2. The van der Waals surface area contributed by atoms with Gasteiger partial charge < -0.3 is 10.2 Å². The lowest BCUT2D eigenvalue weighted by molar-refractivity contribution is 0.0167. The number of fused-ring (bicyclic) bond motifs is 4. The molecule has 1 unspecified atom stereocenters. The quantitative estimate of drug-likeness (QED) is 0.927. The molecule has 3 aliphatic rings. The van der Waals surface area contributed by atoms with Gasteiger partial charge in [-0.3, -0.25) is 9.78 Å². The van der Waals surface area contributed by atoms with E-state index in [-0.39, 0.29) is 11.4 Å². The summed E-state index contributed by atoms with van der Waals surface area (Å²) in [4.78, 5) is 19.5. The topological polar surface area (TPSA) is 45.2 Å². The summed E-state index contributed by atoms with van der Waals surface area (Å²) in [5.74, 6) is -0.150. The Morgan fingerprint density at radius 1 is 1.39 bits per heavy atom. The number of hydrogen-bond donors (Lipinski definition) is 1. The molecule has 3 fully saturated rings. The van der Waals surface area contributed by atoms with Gasteiger partial charge in [-0.15, -0.1) is 0 Å². The van der Waals surface area contributed by atoms with Gasteiger partial charge in [0.15, 0.2) is 0 Å². The molecule has 1 aromatic heterocycles. The standard InChI is InChI=1S/C18H20FN3O/c1-18(11-22-7-4-13(18)5-8-22)21-17(23)15-10-14(19)9-12-3-2-6-20-16(12)15/h2-3,6,9-10,13H,4-5,7-8,11H2,1H3,(H,21,23). The van der Waals surface area contributed by atoms with Crippen molar-refractivity contribution >= 4 is 16.8 Å².